The van der Waals surface area contributed by atoms with Gasteiger partial charge in [-0.2, -0.15) is 4.39 Å². The number of aromatic nitrogens is 3. The summed E-state index contributed by atoms with van der Waals surface area (Å²) in [5.74, 6) is 6.56. The van der Waals surface area contributed by atoms with Crippen LogP contribution in [-0.2, 0) is 4.79 Å². The van der Waals surface area contributed by atoms with E-state index in [-0.39, 0.29) is 23.3 Å². The number of benzene rings is 2. The van der Waals surface area contributed by atoms with Gasteiger partial charge in [-0.1, -0.05) is 12.0 Å². The van der Waals surface area contributed by atoms with E-state index in [1.165, 1.54) is 13.2 Å². The van der Waals surface area contributed by atoms with Crippen molar-refractivity contribution in [3.63, 3.8) is 0 Å². The van der Waals surface area contributed by atoms with E-state index >= 15 is 0 Å². The van der Waals surface area contributed by atoms with Crippen molar-refractivity contribution in [3.05, 3.63) is 66.5 Å². The van der Waals surface area contributed by atoms with Gasteiger partial charge in [-0.15, -0.1) is 0 Å². The number of imidazole rings is 1. The molecule has 0 radical (unpaired) electrons. The molecule has 4 aromatic rings. The summed E-state index contributed by atoms with van der Waals surface area (Å²) >= 11 is 0. The maximum atomic E-state index is 14.5. The number of hydrogen-bond acceptors (Lipinski definition) is 6. The van der Waals surface area contributed by atoms with Gasteiger partial charge in [0.2, 0.25) is 11.7 Å². The lowest BCUT2D eigenvalue weighted by molar-refractivity contribution is -0.124. The second kappa shape index (κ2) is 10.2. The van der Waals surface area contributed by atoms with E-state index in [4.69, 9.17) is 19.2 Å². The molecule has 3 heterocycles. The van der Waals surface area contributed by atoms with Gasteiger partial charge in [0.25, 0.3) is 5.91 Å². The Morgan fingerprint density at radius 1 is 1.08 bits per heavy atom. The Balaban J connectivity index is 1.48. The van der Waals surface area contributed by atoms with Crippen LogP contribution in [0.4, 0.5) is 4.39 Å². The Morgan fingerprint density at radius 2 is 1.86 bits per heavy atom. The fraction of sp³-hybridized carbons (Fsp3) is 0.250. The molecule has 2 aromatic carbocycles. The highest BCUT2D eigenvalue weighted by atomic mass is 19.1. The number of fused-ring (bicyclic) bond motifs is 1. The van der Waals surface area contributed by atoms with Crippen LogP contribution in [0.15, 0.2) is 54.9 Å². The first-order chi connectivity index (χ1) is 18.0. The molecule has 1 amide bonds. The smallest absolute Gasteiger partial charge is 0.298 e. The molecule has 0 bridgehead atoms. The summed E-state index contributed by atoms with van der Waals surface area (Å²) in [6, 6.07) is 12.0. The number of carbonyl (C=O) groups excluding carboxylic acids is 1. The SMILES string of the molecule is CC#CC(=O)N1CC[C@@H](c2nc(-c3ccc(Oc4cccc(OC)c4F)cc3)c3cncc(OC)n23)C1. The van der Waals surface area contributed by atoms with Crippen molar-refractivity contribution in [3.8, 4) is 46.2 Å². The standard InChI is InChI=1S/C28H25FN4O4/c1-4-6-24(34)32-14-13-19(17-32)28-31-27(21-15-30-16-25(36-3)33(21)28)18-9-11-20(12-10-18)37-23-8-5-7-22(35-2)26(23)29/h5,7-12,15-16,19H,13-14,17H2,1-3H3/t19-/m1/s1. The zero-order valence-electron chi connectivity index (χ0n) is 20.7. The van der Waals surface area contributed by atoms with E-state index in [1.807, 2.05) is 16.5 Å². The highest BCUT2D eigenvalue weighted by molar-refractivity contribution is 5.93. The van der Waals surface area contributed by atoms with Gasteiger partial charge >= 0.3 is 0 Å². The second-order valence-corrected chi connectivity index (χ2v) is 8.50. The number of rotatable bonds is 6. The number of carbonyl (C=O) groups is 1. The molecular formula is C28H25FN4O4. The third-order valence-electron chi connectivity index (χ3n) is 6.33. The van der Waals surface area contributed by atoms with Crippen LogP contribution in [0.1, 0.15) is 25.1 Å². The summed E-state index contributed by atoms with van der Waals surface area (Å²) in [5.41, 5.74) is 2.33. The van der Waals surface area contributed by atoms with Crippen LogP contribution >= 0.6 is 0 Å². The van der Waals surface area contributed by atoms with Crippen LogP contribution < -0.4 is 14.2 Å². The molecule has 37 heavy (non-hydrogen) atoms. The molecule has 1 saturated heterocycles. The third kappa shape index (κ3) is 4.54. The highest BCUT2D eigenvalue weighted by Crippen LogP contribution is 2.36. The Morgan fingerprint density at radius 3 is 2.59 bits per heavy atom. The molecule has 0 N–H and O–H groups in total. The summed E-state index contributed by atoms with van der Waals surface area (Å²) in [5, 5.41) is 0. The van der Waals surface area contributed by atoms with Crippen molar-refractivity contribution in [1.82, 2.24) is 19.3 Å². The first-order valence-electron chi connectivity index (χ1n) is 11.8. The monoisotopic (exact) mass is 500 g/mol. The quantitative estimate of drug-likeness (QED) is 0.358. The number of hydrogen-bond donors (Lipinski definition) is 0. The molecule has 1 aliphatic heterocycles. The maximum absolute atomic E-state index is 14.5. The van der Waals surface area contributed by atoms with Crippen LogP contribution in [-0.4, -0.2) is 52.5 Å². The molecule has 9 heteroatoms. The second-order valence-electron chi connectivity index (χ2n) is 8.50. The fourth-order valence-corrected chi connectivity index (χ4v) is 4.54. The van der Waals surface area contributed by atoms with Crippen molar-refractivity contribution >= 4 is 11.4 Å². The molecule has 5 rings (SSSR count). The zero-order chi connectivity index (χ0) is 25.9. The number of amides is 1. The number of methoxy groups -OCH3 is 2. The van der Waals surface area contributed by atoms with Crippen LogP contribution in [0.5, 0.6) is 23.1 Å². The lowest BCUT2D eigenvalue weighted by Crippen LogP contribution is -2.27. The molecular weight excluding hydrogens is 475 g/mol. The van der Waals surface area contributed by atoms with Crippen molar-refractivity contribution in [2.24, 2.45) is 0 Å². The minimum absolute atomic E-state index is 0.0128. The number of nitrogens with zero attached hydrogens (tertiary/aromatic N) is 4. The first-order valence-corrected chi connectivity index (χ1v) is 11.8. The largest absolute Gasteiger partial charge is 0.494 e. The van der Waals surface area contributed by atoms with Crippen LogP contribution in [0, 0.1) is 17.7 Å². The summed E-state index contributed by atoms with van der Waals surface area (Å²) < 4.78 is 32.8. The van der Waals surface area contributed by atoms with Gasteiger partial charge in [0.15, 0.2) is 11.5 Å². The summed E-state index contributed by atoms with van der Waals surface area (Å²) in [6.45, 7) is 2.79. The normalized spacial score (nSPS) is 14.8. The molecule has 8 nitrogen and oxygen atoms in total. The summed E-state index contributed by atoms with van der Waals surface area (Å²) in [6.07, 6.45) is 4.15. The highest BCUT2D eigenvalue weighted by Gasteiger charge is 2.31. The predicted molar refractivity (Wildman–Crippen MR) is 135 cm³/mol. The Kier molecular flexibility index (Phi) is 6.64. The molecule has 0 saturated carbocycles. The van der Waals surface area contributed by atoms with Gasteiger partial charge in [0.05, 0.1) is 37.8 Å². The fourth-order valence-electron chi connectivity index (χ4n) is 4.54. The minimum Gasteiger partial charge on any atom is -0.494 e. The average Bonchev–Trinajstić information content (AvgIpc) is 3.56. The Bertz CT molecular complexity index is 1520. The van der Waals surface area contributed by atoms with Crippen molar-refractivity contribution < 1.29 is 23.4 Å². The van der Waals surface area contributed by atoms with Crippen molar-refractivity contribution in [2.75, 3.05) is 27.3 Å². The predicted octanol–water partition coefficient (Wildman–Crippen LogP) is 4.68. The maximum Gasteiger partial charge on any atom is 0.298 e. The van der Waals surface area contributed by atoms with Gasteiger partial charge in [-0.3, -0.25) is 14.2 Å². The minimum atomic E-state index is -0.564. The molecule has 2 aromatic heterocycles. The van der Waals surface area contributed by atoms with Gasteiger partial charge in [-0.25, -0.2) is 4.98 Å². The van der Waals surface area contributed by atoms with Crippen molar-refractivity contribution in [1.29, 1.82) is 0 Å². The van der Waals surface area contributed by atoms with Crippen molar-refractivity contribution in [2.45, 2.75) is 19.3 Å². The van der Waals surface area contributed by atoms with Gasteiger partial charge < -0.3 is 19.1 Å². The van der Waals surface area contributed by atoms with E-state index in [0.29, 0.717) is 24.7 Å². The molecule has 1 atom stereocenters. The Hall–Kier alpha value is -4.58. The summed E-state index contributed by atoms with van der Waals surface area (Å²) in [7, 11) is 3.00. The molecule has 1 fully saturated rings. The molecule has 0 aliphatic carbocycles. The average molecular weight is 501 g/mol. The van der Waals surface area contributed by atoms with E-state index in [9.17, 15) is 9.18 Å². The third-order valence-corrected chi connectivity index (χ3v) is 6.33. The number of halogens is 1. The van der Waals surface area contributed by atoms with E-state index < -0.39 is 5.82 Å². The van der Waals surface area contributed by atoms with E-state index in [0.717, 1.165) is 29.0 Å². The van der Waals surface area contributed by atoms with Crippen LogP contribution in [0.3, 0.4) is 0 Å². The van der Waals surface area contributed by atoms with Crippen LogP contribution in [0.25, 0.3) is 16.8 Å². The number of likely N-dealkylation sites (tertiary alicyclic amines) is 1. The van der Waals surface area contributed by atoms with E-state index in [2.05, 4.69) is 16.8 Å². The lowest BCUT2D eigenvalue weighted by Gasteiger charge is -2.13. The molecule has 188 valence electrons. The first kappa shape index (κ1) is 24.1. The lowest BCUT2D eigenvalue weighted by atomic mass is 10.1. The van der Waals surface area contributed by atoms with Gasteiger partial charge in [-0.05, 0) is 55.7 Å². The molecule has 0 spiro atoms. The Labute approximate surface area is 213 Å². The number of ether oxygens (including phenoxy) is 3. The summed E-state index contributed by atoms with van der Waals surface area (Å²) in [4.78, 5) is 23.4. The van der Waals surface area contributed by atoms with Gasteiger partial charge in [0, 0.05) is 24.6 Å². The van der Waals surface area contributed by atoms with E-state index in [1.54, 1.807) is 55.6 Å². The van der Waals surface area contributed by atoms with Gasteiger partial charge in [0.1, 0.15) is 11.6 Å². The zero-order valence-corrected chi connectivity index (χ0v) is 20.7. The topological polar surface area (TPSA) is 78.2 Å². The molecule has 0 unspecified atom stereocenters. The van der Waals surface area contributed by atoms with Crippen LogP contribution in [0.2, 0.25) is 0 Å². The molecule has 1 aliphatic rings.